The van der Waals surface area contributed by atoms with Gasteiger partial charge >= 0.3 is 0 Å². The van der Waals surface area contributed by atoms with Gasteiger partial charge in [-0.2, -0.15) is 0 Å². The fourth-order valence-corrected chi connectivity index (χ4v) is 14.4. The maximum atomic E-state index is 6.15. The first-order valence-corrected chi connectivity index (χ1v) is 13.8. The van der Waals surface area contributed by atoms with Crippen LogP contribution < -0.4 is 0 Å². The molecule has 0 bridgehead atoms. The summed E-state index contributed by atoms with van der Waals surface area (Å²) in [5.74, 6) is 2.46. The molecule has 132 valence electrons. The van der Waals surface area contributed by atoms with E-state index in [1.54, 1.807) is 0 Å². The summed E-state index contributed by atoms with van der Waals surface area (Å²) >= 11 is 12.2. The van der Waals surface area contributed by atoms with E-state index in [2.05, 4.69) is 37.4 Å². The lowest BCUT2D eigenvalue weighted by Crippen LogP contribution is -2.09. The van der Waals surface area contributed by atoms with Gasteiger partial charge in [0.05, 0.1) is 13.2 Å². The molecule has 4 aliphatic rings. The van der Waals surface area contributed by atoms with Crippen LogP contribution in [0.3, 0.4) is 0 Å². The molecule has 23 heavy (non-hydrogen) atoms. The SMILES string of the molecule is CC1CSC2(OCC(CCCC3COC4(SCC(C)S4)S3)S2)S1. The standard InChI is InChI=1S/C15H24O2S6/c1-10-8-18-14(20-10)16-6-12(22-14)4-3-5-13-7-17-15(23-13)19-9-11(2)21-15/h10-13H,3-9H2,1-2H3. The predicted octanol–water partition coefficient (Wildman–Crippen LogP) is 5.38. The van der Waals surface area contributed by atoms with E-state index in [9.17, 15) is 0 Å². The molecule has 0 aromatic rings. The van der Waals surface area contributed by atoms with E-state index >= 15 is 0 Å². The molecule has 0 amide bonds. The van der Waals surface area contributed by atoms with Crippen LogP contribution in [0.5, 0.6) is 0 Å². The number of hydrogen-bond acceptors (Lipinski definition) is 8. The van der Waals surface area contributed by atoms with Gasteiger partial charge in [-0.15, -0.1) is 47.0 Å². The molecule has 0 aromatic heterocycles. The Kier molecular flexibility index (Phi) is 6.05. The van der Waals surface area contributed by atoms with E-state index in [1.165, 1.54) is 30.8 Å². The van der Waals surface area contributed by atoms with Gasteiger partial charge in [-0.25, -0.2) is 0 Å². The molecule has 0 aromatic carbocycles. The molecule has 6 atom stereocenters. The van der Waals surface area contributed by atoms with Gasteiger partial charge in [0, 0.05) is 32.5 Å². The molecule has 4 heterocycles. The third-order valence-corrected chi connectivity index (χ3v) is 14.8. The minimum atomic E-state index is 0.0344. The van der Waals surface area contributed by atoms with Crippen molar-refractivity contribution in [3.05, 3.63) is 0 Å². The highest BCUT2D eigenvalue weighted by Crippen LogP contribution is 2.62. The first kappa shape index (κ1) is 18.4. The van der Waals surface area contributed by atoms with Gasteiger partial charge in [0.25, 0.3) is 0 Å². The van der Waals surface area contributed by atoms with Gasteiger partial charge in [0.2, 0.25) is 7.19 Å². The second kappa shape index (κ2) is 7.56. The Morgan fingerprint density at radius 3 is 1.65 bits per heavy atom. The maximum absolute atomic E-state index is 6.15. The minimum absolute atomic E-state index is 0.0344. The van der Waals surface area contributed by atoms with Gasteiger partial charge in [0.1, 0.15) is 0 Å². The second-order valence-electron chi connectivity index (χ2n) is 6.51. The van der Waals surface area contributed by atoms with Crippen molar-refractivity contribution >= 4 is 70.6 Å². The monoisotopic (exact) mass is 428 g/mol. The molecule has 4 fully saturated rings. The molecule has 4 aliphatic heterocycles. The average molecular weight is 429 g/mol. The summed E-state index contributed by atoms with van der Waals surface area (Å²) in [7, 11) is 0. The highest BCUT2D eigenvalue weighted by molar-refractivity contribution is 8.36. The quantitative estimate of drug-likeness (QED) is 0.586. The highest BCUT2D eigenvalue weighted by Gasteiger charge is 2.49. The molecule has 4 rings (SSSR count). The van der Waals surface area contributed by atoms with Gasteiger partial charge in [-0.1, -0.05) is 43.8 Å². The van der Waals surface area contributed by atoms with Crippen molar-refractivity contribution < 1.29 is 9.47 Å². The van der Waals surface area contributed by atoms with Crippen molar-refractivity contribution in [2.75, 3.05) is 24.7 Å². The molecule has 2 nitrogen and oxygen atoms in total. The van der Waals surface area contributed by atoms with Crippen molar-refractivity contribution in [3.63, 3.8) is 0 Å². The number of thioether (sulfide) groups is 6. The smallest absolute Gasteiger partial charge is 0.209 e. The number of rotatable bonds is 4. The Morgan fingerprint density at radius 1 is 0.783 bits per heavy atom. The van der Waals surface area contributed by atoms with Crippen LogP contribution in [0.4, 0.5) is 0 Å². The Hall–Kier alpha value is 2.02. The van der Waals surface area contributed by atoms with Crippen LogP contribution in [-0.4, -0.2) is 52.9 Å². The third-order valence-electron chi connectivity index (χ3n) is 4.25. The average Bonchev–Trinajstić information content (AvgIpc) is 3.25. The van der Waals surface area contributed by atoms with Crippen LogP contribution in [0.15, 0.2) is 0 Å². The van der Waals surface area contributed by atoms with E-state index in [4.69, 9.17) is 9.47 Å². The zero-order valence-corrected chi connectivity index (χ0v) is 18.4. The molecule has 0 N–H and O–H groups in total. The first-order chi connectivity index (χ1) is 11.1. The van der Waals surface area contributed by atoms with Crippen molar-refractivity contribution in [1.29, 1.82) is 0 Å². The van der Waals surface area contributed by atoms with Gasteiger partial charge in [0.15, 0.2) is 0 Å². The fraction of sp³-hybridized carbons (Fsp3) is 1.00. The second-order valence-corrected chi connectivity index (χ2v) is 16.6. The minimum Gasteiger partial charge on any atom is -0.345 e. The van der Waals surface area contributed by atoms with Crippen molar-refractivity contribution in [2.24, 2.45) is 0 Å². The van der Waals surface area contributed by atoms with E-state index in [-0.39, 0.29) is 7.19 Å². The summed E-state index contributed by atoms with van der Waals surface area (Å²) in [6.07, 6.45) is 3.90. The summed E-state index contributed by atoms with van der Waals surface area (Å²) < 4.78 is 12.4. The van der Waals surface area contributed by atoms with Crippen LogP contribution in [0.2, 0.25) is 0 Å². The lowest BCUT2D eigenvalue weighted by molar-refractivity contribution is 0.160. The first-order valence-electron chi connectivity index (χ1n) is 8.33. The molecule has 8 heteroatoms. The van der Waals surface area contributed by atoms with E-state index in [0.717, 1.165) is 23.7 Å². The Balaban J connectivity index is 1.17. The van der Waals surface area contributed by atoms with Crippen LogP contribution in [-0.2, 0) is 9.47 Å². The molecule has 0 radical (unpaired) electrons. The fourth-order valence-electron chi connectivity index (χ4n) is 3.13. The highest BCUT2D eigenvalue weighted by atomic mass is 32.3. The number of hydrogen-bond donors (Lipinski definition) is 0. The molecule has 0 aliphatic carbocycles. The van der Waals surface area contributed by atoms with Gasteiger partial charge in [-0.3, -0.25) is 0 Å². The lowest BCUT2D eigenvalue weighted by Gasteiger charge is -2.20. The molecular formula is C15H24O2S6. The Bertz CT molecular complexity index is 402. The summed E-state index contributed by atoms with van der Waals surface area (Å²) in [4.78, 5) is 0. The third kappa shape index (κ3) is 4.30. The molecule has 0 saturated carbocycles. The summed E-state index contributed by atoms with van der Waals surface area (Å²) in [6.45, 7) is 6.52. The van der Waals surface area contributed by atoms with E-state index in [0.29, 0.717) is 10.5 Å². The Labute approximate surface area is 165 Å². The van der Waals surface area contributed by atoms with E-state index in [1.807, 2.05) is 47.0 Å². The largest absolute Gasteiger partial charge is 0.345 e. The summed E-state index contributed by atoms with van der Waals surface area (Å²) in [5.41, 5.74) is 0. The van der Waals surface area contributed by atoms with Crippen molar-refractivity contribution in [3.8, 4) is 0 Å². The predicted molar refractivity (Wildman–Crippen MR) is 113 cm³/mol. The van der Waals surface area contributed by atoms with Crippen LogP contribution in [0, 0.1) is 0 Å². The molecular weight excluding hydrogens is 405 g/mol. The van der Waals surface area contributed by atoms with Crippen LogP contribution >= 0.6 is 70.6 Å². The zero-order chi connectivity index (χ0) is 15.9. The number of ether oxygens (including phenoxy) is 2. The van der Waals surface area contributed by atoms with E-state index < -0.39 is 0 Å². The molecule has 6 unspecified atom stereocenters. The normalized spacial score (nSPS) is 49.8. The zero-order valence-electron chi connectivity index (χ0n) is 13.5. The summed E-state index contributed by atoms with van der Waals surface area (Å²) in [5, 5.41) is 2.85. The molecule has 4 saturated heterocycles. The molecule has 2 spiro atoms. The van der Waals surface area contributed by atoms with Crippen molar-refractivity contribution in [2.45, 2.75) is 61.3 Å². The summed E-state index contributed by atoms with van der Waals surface area (Å²) in [6, 6.07) is 0. The Morgan fingerprint density at radius 2 is 1.26 bits per heavy atom. The van der Waals surface area contributed by atoms with Crippen LogP contribution in [0.25, 0.3) is 0 Å². The van der Waals surface area contributed by atoms with Gasteiger partial charge in [-0.05, 0) is 12.8 Å². The lowest BCUT2D eigenvalue weighted by atomic mass is 10.1. The maximum Gasteiger partial charge on any atom is 0.209 e. The topological polar surface area (TPSA) is 18.5 Å². The van der Waals surface area contributed by atoms with Gasteiger partial charge < -0.3 is 9.47 Å². The van der Waals surface area contributed by atoms with Crippen LogP contribution in [0.1, 0.15) is 33.1 Å². The van der Waals surface area contributed by atoms with Crippen molar-refractivity contribution in [1.82, 2.24) is 0 Å².